The number of methoxy groups -OCH3 is 1. The van der Waals surface area contributed by atoms with E-state index in [1.54, 1.807) is 4.90 Å². The van der Waals surface area contributed by atoms with Gasteiger partial charge in [-0.25, -0.2) is 0 Å². The molecule has 0 bridgehead atoms. The van der Waals surface area contributed by atoms with Crippen molar-refractivity contribution in [3.63, 3.8) is 0 Å². The Morgan fingerprint density at radius 1 is 1.43 bits per heavy atom. The predicted molar refractivity (Wildman–Crippen MR) is 88.9 cm³/mol. The molecule has 1 N–H and O–H groups in total. The molecule has 0 radical (unpaired) electrons. The molecule has 1 atom stereocenters. The maximum absolute atomic E-state index is 12.1. The van der Waals surface area contributed by atoms with Crippen molar-refractivity contribution in [3.05, 3.63) is 28.7 Å². The van der Waals surface area contributed by atoms with Gasteiger partial charge in [0.05, 0.1) is 13.0 Å². The Balaban J connectivity index is 1.84. The number of esters is 1. The summed E-state index contributed by atoms with van der Waals surface area (Å²) in [6, 6.07) is 7.44. The van der Waals surface area contributed by atoms with Gasteiger partial charge >= 0.3 is 5.97 Å². The van der Waals surface area contributed by atoms with Crippen molar-refractivity contribution < 1.29 is 19.1 Å². The van der Waals surface area contributed by atoms with Crippen LogP contribution >= 0.6 is 15.9 Å². The first-order valence-electron chi connectivity index (χ1n) is 7.41. The van der Waals surface area contributed by atoms with Crippen molar-refractivity contribution in [2.45, 2.75) is 19.3 Å². The zero-order chi connectivity index (χ0) is 16.8. The molecule has 2 rings (SSSR count). The Hall–Kier alpha value is -1.89. The van der Waals surface area contributed by atoms with E-state index in [1.165, 1.54) is 7.11 Å². The topological polar surface area (TPSA) is 75.7 Å². The molecule has 1 aromatic rings. The predicted octanol–water partition coefficient (Wildman–Crippen LogP) is 1.87. The van der Waals surface area contributed by atoms with Crippen LogP contribution in [0.5, 0.6) is 0 Å². The molecule has 1 heterocycles. The van der Waals surface area contributed by atoms with E-state index in [9.17, 15) is 14.4 Å². The molecule has 0 aromatic heterocycles. The van der Waals surface area contributed by atoms with Gasteiger partial charge in [-0.15, -0.1) is 0 Å². The Kier molecular flexibility index (Phi) is 6.15. The van der Waals surface area contributed by atoms with Crippen LogP contribution in [0.15, 0.2) is 28.7 Å². The third-order valence-corrected chi connectivity index (χ3v) is 4.19. The molecule has 1 fully saturated rings. The fourth-order valence-corrected chi connectivity index (χ4v) is 2.85. The number of nitrogens with one attached hydrogen (secondary N) is 1. The normalized spacial score (nSPS) is 17.2. The van der Waals surface area contributed by atoms with Crippen LogP contribution in [-0.4, -0.2) is 38.0 Å². The number of carbonyl (C=O) groups is 3. The lowest BCUT2D eigenvalue weighted by Crippen LogP contribution is -2.33. The molecule has 1 unspecified atom stereocenters. The minimum absolute atomic E-state index is 0.0576. The lowest BCUT2D eigenvalue weighted by Gasteiger charge is -2.17. The van der Waals surface area contributed by atoms with Gasteiger partial charge < -0.3 is 15.0 Å². The number of benzene rings is 1. The summed E-state index contributed by atoms with van der Waals surface area (Å²) in [6.45, 7) is 0.771. The van der Waals surface area contributed by atoms with Crippen LogP contribution in [0.4, 0.5) is 5.69 Å². The Bertz CT molecular complexity index is 605. The van der Waals surface area contributed by atoms with Crippen molar-refractivity contribution in [2.24, 2.45) is 5.92 Å². The molecular formula is C16H19BrN2O4. The summed E-state index contributed by atoms with van der Waals surface area (Å²) in [7, 11) is 1.33. The fraction of sp³-hybridized carbons (Fsp3) is 0.438. The second kappa shape index (κ2) is 8.10. The molecule has 23 heavy (non-hydrogen) atoms. The second-order valence-electron chi connectivity index (χ2n) is 5.36. The largest absolute Gasteiger partial charge is 0.469 e. The monoisotopic (exact) mass is 382 g/mol. The minimum Gasteiger partial charge on any atom is -0.469 e. The van der Waals surface area contributed by atoms with Gasteiger partial charge in [0.25, 0.3) is 0 Å². The number of rotatable bonds is 6. The Labute approximate surface area is 143 Å². The highest BCUT2D eigenvalue weighted by molar-refractivity contribution is 9.10. The lowest BCUT2D eigenvalue weighted by molar-refractivity contribution is -0.140. The molecule has 0 aliphatic carbocycles. The first kappa shape index (κ1) is 17.5. The molecule has 2 amide bonds. The van der Waals surface area contributed by atoms with Gasteiger partial charge in [0.15, 0.2) is 0 Å². The molecule has 0 spiro atoms. The quantitative estimate of drug-likeness (QED) is 0.601. The Morgan fingerprint density at radius 3 is 2.91 bits per heavy atom. The summed E-state index contributed by atoms with van der Waals surface area (Å²) >= 11 is 3.38. The number of ether oxygens (including phenoxy) is 1. The number of anilines is 1. The van der Waals surface area contributed by atoms with Gasteiger partial charge in [-0.2, -0.15) is 0 Å². The molecule has 7 heteroatoms. The highest BCUT2D eigenvalue weighted by Gasteiger charge is 2.34. The van der Waals surface area contributed by atoms with Crippen LogP contribution in [0.25, 0.3) is 0 Å². The second-order valence-corrected chi connectivity index (χ2v) is 6.27. The zero-order valence-corrected chi connectivity index (χ0v) is 14.5. The molecular weight excluding hydrogens is 364 g/mol. The summed E-state index contributed by atoms with van der Waals surface area (Å²) in [4.78, 5) is 36.9. The van der Waals surface area contributed by atoms with E-state index >= 15 is 0 Å². The summed E-state index contributed by atoms with van der Waals surface area (Å²) in [6.07, 6.45) is 0.994. The third kappa shape index (κ3) is 4.79. The van der Waals surface area contributed by atoms with Gasteiger partial charge in [-0.05, 0) is 24.6 Å². The first-order valence-corrected chi connectivity index (χ1v) is 8.21. The smallest absolute Gasteiger partial charge is 0.305 e. The third-order valence-electron chi connectivity index (χ3n) is 3.70. The Morgan fingerprint density at radius 2 is 2.22 bits per heavy atom. The van der Waals surface area contributed by atoms with Gasteiger partial charge in [-0.3, -0.25) is 14.4 Å². The van der Waals surface area contributed by atoms with Crippen LogP contribution in [0.1, 0.15) is 19.3 Å². The van der Waals surface area contributed by atoms with Crippen LogP contribution in [0.2, 0.25) is 0 Å². The van der Waals surface area contributed by atoms with Crippen LogP contribution < -0.4 is 10.2 Å². The summed E-state index contributed by atoms with van der Waals surface area (Å²) in [5.41, 5.74) is 0.783. The highest BCUT2D eigenvalue weighted by atomic mass is 79.9. The van der Waals surface area contributed by atoms with Crippen LogP contribution in [0.3, 0.4) is 0 Å². The molecule has 1 aromatic carbocycles. The van der Waals surface area contributed by atoms with Crippen molar-refractivity contribution in [1.82, 2.24) is 5.32 Å². The van der Waals surface area contributed by atoms with Crippen molar-refractivity contribution in [2.75, 3.05) is 25.1 Å². The molecule has 1 aliphatic rings. The van der Waals surface area contributed by atoms with E-state index in [2.05, 4.69) is 26.0 Å². The number of carbonyl (C=O) groups excluding carboxylic acids is 3. The molecule has 1 saturated heterocycles. The average molecular weight is 383 g/mol. The summed E-state index contributed by atoms with van der Waals surface area (Å²) < 4.78 is 5.42. The average Bonchev–Trinajstić information content (AvgIpc) is 2.93. The van der Waals surface area contributed by atoms with E-state index in [0.29, 0.717) is 19.5 Å². The number of nitrogens with zero attached hydrogens (tertiary/aromatic N) is 1. The first-order chi connectivity index (χ1) is 11.0. The van der Waals surface area contributed by atoms with Gasteiger partial charge in [0.2, 0.25) is 11.8 Å². The van der Waals surface area contributed by atoms with Gasteiger partial charge in [-0.1, -0.05) is 22.0 Å². The van der Waals surface area contributed by atoms with Crippen molar-refractivity contribution in [3.8, 4) is 0 Å². The minimum atomic E-state index is -0.361. The van der Waals surface area contributed by atoms with E-state index in [-0.39, 0.29) is 36.5 Å². The van der Waals surface area contributed by atoms with E-state index < -0.39 is 0 Å². The lowest BCUT2D eigenvalue weighted by atomic mass is 10.1. The van der Waals surface area contributed by atoms with Crippen molar-refractivity contribution >= 4 is 39.4 Å². The zero-order valence-electron chi connectivity index (χ0n) is 12.9. The van der Waals surface area contributed by atoms with Gasteiger partial charge in [0, 0.05) is 36.1 Å². The fourth-order valence-electron chi connectivity index (χ4n) is 2.47. The maximum atomic E-state index is 12.1. The van der Waals surface area contributed by atoms with Crippen LogP contribution in [-0.2, 0) is 19.1 Å². The van der Waals surface area contributed by atoms with Gasteiger partial charge in [0.1, 0.15) is 0 Å². The highest BCUT2D eigenvalue weighted by Crippen LogP contribution is 2.27. The molecule has 6 nitrogen and oxygen atoms in total. The summed E-state index contributed by atoms with van der Waals surface area (Å²) in [5, 5.41) is 2.77. The van der Waals surface area contributed by atoms with Crippen molar-refractivity contribution in [1.29, 1.82) is 0 Å². The van der Waals surface area contributed by atoms with E-state index in [0.717, 1.165) is 10.2 Å². The number of hydrogen-bond donors (Lipinski definition) is 1. The molecule has 1 aliphatic heterocycles. The maximum Gasteiger partial charge on any atom is 0.305 e. The SMILES string of the molecule is COC(=O)CCCNC(=O)C1CC(=O)N(c2cccc(Br)c2)C1. The summed E-state index contributed by atoms with van der Waals surface area (Å²) in [5.74, 6) is -0.866. The molecule has 124 valence electrons. The van der Waals surface area contributed by atoms with Crippen LogP contribution in [0, 0.1) is 5.92 Å². The number of halogens is 1. The number of hydrogen-bond acceptors (Lipinski definition) is 4. The number of amides is 2. The standard InChI is InChI=1S/C16H19BrN2O4/c1-23-15(21)6-3-7-18-16(22)11-8-14(20)19(10-11)13-5-2-4-12(17)9-13/h2,4-5,9,11H,3,6-8,10H2,1H3,(H,18,22). The van der Waals surface area contributed by atoms with E-state index in [1.807, 2.05) is 24.3 Å². The van der Waals surface area contributed by atoms with E-state index in [4.69, 9.17) is 0 Å². The molecule has 0 saturated carbocycles.